The van der Waals surface area contributed by atoms with Crippen LogP contribution in [0.2, 0.25) is 10.0 Å². The van der Waals surface area contributed by atoms with E-state index in [1.807, 2.05) is 0 Å². The summed E-state index contributed by atoms with van der Waals surface area (Å²) in [7, 11) is 1.23. The predicted octanol–water partition coefficient (Wildman–Crippen LogP) is 2.84. The average Bonchev–Trinajstić information content (AvgIpc) is 2.33. The van der Waals surface area contributed by atoms with Crippen LogP contribution in [0.4, 0.5) is 5.69 Å². The topological polar surface area (TPSA) is 78.7 Å². The molecule has 18 heavy (non-hydrogen) atoms. The normalized spacial score (nSPS) is 9.94. The highest BCUT2D eigenvalue weighted by atomic mass is 35.5. The van der Waals surface area contributed by atoms with Crippen molar-refractivity contribution in [1.29, 1.82) is 0 Å². The molecule has 0 unspecified atom stereocenters. The third kappa shape index (κ3) is 3.48. The van der Waals surface area contributed by atoms with Gasteiger partial charge in [0.1, 0.15) is 5.02 Å². The number of benzene rings is 1. The Kier molecular flexibility index (Phi) is 5.18. The van der Waals surface area contributed by atoms with Crippen molar-refractivity contribution in [3.8, 4) is 5.75 Å². The van der Waals surface area contributed by atoms with Gasteiger partial charge >= 0.3 is 11.7 Å². The number of hydrogen-bond donors (Lipinski definition) is 0. The highest BCUT2D eigenvalue weighted by Crippen LogP contribution is 2.39. The van der Waals surface area contributed by atoms with E-state index in [1.54, 1.807) is 0 Å². The maximum absolute atomic E-state index is 10.9. The van der Waals surface area contributed by atoms with Crippen LogP contribution in [0, 0.1) is 10.1 Å². The Balaban J connectivity index is 2.89. The van der Waals surface area contributed by atoms with E-state index < -0.39 is 10.9 Å². The van der Waals surface area contributed by atoms with Gasteiger partial charge in [0.25, 0.3) is 0 Å². The molecule has 0 fully saturated rings. The number of carbonyl (C=O) groups excluding carboxylic acids is 1. The second-order valence-electron chi connectivity index (χ2n) is 3.14. The molecule has 0 aromatic heterocycles. The van der Waals surface area contributed by atoms with Crippen LogP contribution in [-0.4, -0.2) is 24.6 Å². The smallest absolute Gasteiger partial charge is 0.312 e. The first-order valence-corrected chi connectivity index (χ1v) is 5.55. The van der Waals surface area contributed by atoms with Crippen molar-refractivity contribution in [1.82, 2.24) is 0 Å². The van der Waals surface area contributed by atoms with Gasteiger partial charge in [0.2, 0.25) is 5.75 Å². The van der Waals surface area contributed by atoms with Crippen molar-refractivity contribution in [3.05, 3.63) is 32.3 Å². The van der Waals surface area contributed by atoms with Gasteiger partial charge < -0.3 is 9.47 Å². The second kappa shape index (κ2) is 6.42. The van der Waals surface area contributed by atoms with E-state index in [9.17, 15) is 14.9 Å². The monoisotopic (exact) mass is 293 g/mol. The van der Waals surface area contributed by atoms with Crippen LogP contribution >= 0.6 is 23.2 Å². The molecule has 0 aliphatic carbocycles. The van der Waals surface area contributed by atoms with Crippen molar-refractivity contribution in [3.63, 3.8) is 0 Å². The van der Waals surface area contributed by atoms with Crippen LogP contribution in [-0.2, 0) is 9.53 Å². The number of methoxy groups -OCH3 is 1. The number of halogens is 2. The van der Waals surface area contributed by atoms with E-state index in [4.69, 9.17) is 27.9 Å². The summed E-state index contributed by atoms with van der Waals surface area (Å²) in [5.41, 5.74) is -0.311. The molecule has 0 saturated carbocycles. The lowest BCUT2D eigenvalue weighted by atomic mass is 10.3. The van der Waals surface area contributed by atoms with Crippen LogP contribution in [0.25, 0.3) is 0 Å². The highest BCUT2D eigenvalue weighted by molar-refractivity contribution is 6.43. The minimum absolute atomic E-state index is 0.0451. The second-order valence-corrected chi connectivity index (χ2v) is 3.93. The first-order valence-electron chi connectivity index (χ1n) is 4.79. The molecule has 0 spiro atoms. The molecule has 0 aliphatic heterocycles. The molecule has 0 N–H and O–H groups in total. The lowest BCUT2D eigenvalue weighted by molar-refractivity contribution is -0.385. The molecular weight excluding hydrogens is 285 g/mol. The first-order chi connectivity index (χ1) is 8.47. The zero-order valence-electron chi connectivity index (χ0n) is 9.31. The van der Waals surface area contributed by atoms with Gasteiger partial charge in [-0.2, -0.15) is 0 Å². The fraction of sp³-hybridized carbons (Fsp3) is 0.300. The van der Waals surface area contributed by atoms with Gasteiger partial charge in [0, 0.05) is 6.07 Å². The van der Waals surface area contributed by atoms with E-state index in [0.717, 1.165) is 0 Å². The minimum atomic E-state index is -0.643. The Morgan fingerprint density at radius 1 is 1.44 bits per heavy atom. The number of nitro benzene ring substituents is 1. The van der Waals surface area contributed by atoms with Gasteiger partial charge in [-0.1, -0.05) is 23.2 Å². The summed E-state index contributed by atoms with van der Waals surface area (Å²) in [6, 6.07) is 2.48. The number of ether oxygens (including phenoxy) is 2. The number of nitro groups is 1. The fourth-order valence-corrected chi connectivity index (χ4v) is 1.50. The molecule has 0 radical (unpaired) electrons. The maximum atomic E-state index is 10.9. The third-order valence-electron chi connectivity index (χ3n) is 2.01. The van der Waals surface area contributed by atoms with Crippen molar-refractivity contribution >= 4 is 34.9 Å². The number of nitrogens with zero attached hydrogens (tertiary/aromatic N) is 1. The van der Waals surface area contributed by atoms with Crippen molar-refractivity contribution in [2.24, 2.45) is 0 Å². The van der Waals surface area contributed by atoms with Crippen molar-refractivity contribution < 1.29 is 19.2 Å². The van der Waals surface area contributed by atoms with Crippen LogP contribution in [0.3, 0.4) is 0 Å². The Morgan fingerprint density at radius 3 is 2.67 bits per heavy atom. The Morgan fingerprint density at radius 2 is 2.11 bits per heavy atom. The summed E-state index contributed by atoms with van der Waals surface area (Å²) in [5.74, 6) is -0.645. The molecule has 8 heteroatoms. The first kappa shape index (κ1) is 14.5. The quantitative estimate of drug-likeness (QED) is 0.474. The van der Waals surface area contributed by atoms with E-state index in [2.05, 4.69) is 4.74 Å². The summed E-state index contributed by atoms with van der Waals surface area (Å²) in [6.45, 7) is -0.0897. The van der Waals surface area contributed by atoms with Crippen LogP contribution in [0.1, 0.15) is 6.42 Å². The summed E-state index contributed by atoms with van der Waals surface area (Å²) in [5, 5.41) is 10.8. The summed E-state index contributed by atoms with van der Waals surface area (Å²) in [6.07, 6.45) is -0.0451. The minimum Gasteiger partial charge on any atom is -0.485 e. The molecule has 0 saturated heterocycles. The zero-order chi connectivity index (χ0) is 13.7. The summed E-state index contributed by atoms with van der Waals surface area (Å²) < 4.78 is 9.53. The number of carbonyl (C=O) groups is 1. The van der Waals surface area contributed by atoms with Gasteiger partial charge in [-0.15, -0.1) is 0 Å². The lowest BCUT2D eigenvalue weighted by Crippen LogP contribution is -2.08. The molecule has 0 amide bonds. The molecule has 0 heterocycles. The molecule has 0 bridgehead atoms. The molecule has 1 aromatic carbocycles. The zero-order valence-corrected chi connectivity index (χ0v) is 10.8. The summed E-state index contributed by atoms with van der Waals surface area (Å²) in [4.78, 5) is 21.0. The van der Waals surface area contributed by atoms with Gasteiger partial charge in [-0.05, 0) is 6.07 Å². The van der Waals surface area contributed by atoms with E-state index in [0.29, 0.717) is 0 Å². The Labute approximate surface area is 113 Å². The largest absolute Gasteiger partial charge is 0.485 e. The van der Waals surface area contributed by atoms with Crippen LogP contribution in [0.5, 0.6) is 5.75 Å². The molecule has 1 aromatic rings. The fourth-order valence-electron chi connectivity index (χ4n) is 1.14. The van der Waals surface area contributed by atoms with Crippen LogP contribution in [0.15, 0.2) is 12.1 Å². The average molecular weight is 294 g/mol. The van der Waals surface area contributed by atoms with E-state index in [-0.39, 0.29) is 34.5 Å². The van der Waals surface area contributed by atoms with E-state index >= 15 is 0 Å². The van der Waals surface area contributed by atoms with Gasteiger partial charge in [0.15, 0.2) is 0 Å². The summed E-state index contributed by atoms with van der Waals surface area (Å²) >= 11 is 11.5. The third-order valence-corrected chi connectivity index (χ3v) is 2.79. The predicted molar refractivity (Wildman–Crippen MR) is 65.2 cm³/mol. The maximum Gasteiger partial charge on any atom is 0.312 e. The number of esters is 1. The SMILES string of the molecule is COC(=O)CCOc1c([N+](=O)[O-])ccc(Cl)c1Cl. The molecule has 0 aliphatic rings. The van der Waals surface area contributed by atoms with Crippen molar-refractivity contribution in [2.45, 2.75) is 6.42 Å². The van der Waals surface area contributed by atoms with E-state index in [1.165, 1.54) is 19.2 Å². The van der Waals surface area contributed by atoms with Gasteiger partial charge in [-0.25, -0.2) is 0 Å². The molecule has 98 valence electrons. The molecule has 6 nitrogen and oxygen atoms in total. The molecule has 1 rings (SSSR count). The Hall–Kier alpha value is -1.53. The number of hydrogen-bond acceptors (Lipinski definition) is 5. The molecule has 0 atom stereocenters. The Bertz CT molecular complexity index is 478. The molecular formula is C10H9Cl2NO5. The lowest BCUT2D eigenvalue weighted by Gasteiger charge is -2.08. The van der Waals surface area contributed by atoms with Crippen LogP contribution < -0.4 is 4.74 Å². The van der Waals surface area contributed by atoms with Crippen molar-refractivity contribution in [2.75, 3.05) is 13.7 Å². The highest BCUT2D eigenvalue weighted by Gasteiger charge is 2.21. The standard InChI is InChI=1S/C10H9Cl2NO5/c1-17-8(14)4-5-18-10-7(13(15)16)3-2-6(11)9(10)12/h2-3H,4-5H2,1H3. The number of rotatable bonds is 5. The van der Waals surface area contributed by atoms with Gasteiger partial charge in [-0.3, -0.25) is 14.9 Å². The van der Waals surface area contributed by atoms with Gasteiger partial charge in [0.05, 0.1) is 30.1 Å².